The van der Waals surface area contributed by atoms with Gasteiger partial charge in [-0.25, -0.2) is 0 Å². The smallest absolute Gasteiger partial charge is 0.0716 e. The predicted octanol–water partition coefficient (Wildman–Crippen LogP) is 4.43. The maximum absolute atomic E-state index is 5.41. The van der Waals surface area contributed by atoms with Gasteiger partial charge in [-0.1, -0.05) is 44.2 Å². The lowest BCUT2D eigenvalue weighted by Gasteiger charge is -2.22. The molecule has 1 nitrogen and oxygen atoms in total. The van der Waals surface area contributed by atoms with Crippen LogP contribution < -0.4 is 0 Å². The third-order valence-electron chi connectivity index (χ3n) is 3.58. The minimum Gasteiger partial charge on any atom is -0.377 e. The van der Waals surface area contributed by atoms with Crippen molar-refractivity contribution >= 4 is 5.57 Å². The largest absolute Gasteiger partial charge is 0.377 e. The van der Waals surface area contributed by atoms with Gasteiger partial charge in [-0.15, -0.1) is 0 Å². The van der Waals surface area contributed by atoms with E-state index >= 15 is 0 Å². The van der Waals surface area contributed by atoms with Crippen molar-refractivity contribution in [3.63, 3.8) is 0 Å². The molecular formula is C16H22O. The quantitative estimate of drug-likeness (QED) is 0.743. The van der Waals surface area contributed by atoms with Crippen LogP contribution in [0.15, 0.2) is 30.3 Å². The third kappa shape index (κ3) is 2.78. The highest BCUT2D eigenvalue weighted by Gasteiger charge is 2.27. The summed E-state index contributed by atoms with van der Waals surface area (Å²) in [5.74, 6) is 0. The highest BCUT2D eigenvalue weighted by Crippen LogP contribution is 2.43. The number of hydrogen-bond acceptors (Lipinski definition) is 1. The molecule has 17 heavy (non-hydrogen) atoms. The molecule has 0 amide bonds. The Morgan fingerprint density at radius 3 is 2.41 bits per heavy atom. The first-order chi connectivity index (χ1) is 8.13. The van der Waals surface area contributed by atoms with E-state index in [0.717, 1.165) is 13.2 Å². The summed E-state index contributed by atoms with van der Waals surface area (Å²) in [4.78, 5) is 0. The first-order valence-electron chi connectivity index (χ1n) is 6.51. The van der Waals surface area contributed by atoms with E-state index in [-0.39, 0.29) is 0 Å². The van der Waals surface area contributed by atoms with Crippen molar-refractivity contribution in [3.05, 3.63) is 41.5 Å². The van der Waals surface area contributed by atoms with Gasteiger partial charge in [-0.3, -0.25) is 0 Å². The van der Waals surface area contributed by atoms with Crippen LogP contribution in [-0.2, 0) is 11.3 Å². The van der Waals surface area contributed by atoms with Crippen molar-refractivity contribution in [2.45, 2.75) is 40.2 Å². The van der Waals surface area contributed by atoms with Crippen molar-refractivity contribution in [2.24, 2.45) is 5.41 Å². The summed E-state index contributed by atoms with van der Waals surface area (Å²) in [6.45, 7) is 8.19. The zero-order valence-electron chi connectivity index (χ0n) is 11.1. The van der Waals surface area contributed by atoms with Crippen LogP contribution in [0, 0.1) is 5.41 Å². The van der Waals surface area contributed by atoms with E-state index in [1.165, 1.54) is 29.5 Å². The molecule has 0 aromatic heterocycles. The van der Waals surface area contributed by atoms with Gasteiger partial charge >= 0.3 is 0 Å². The van der Waals surface area contributed by atoms with Crippen LogP contribution >= 0.6 is 0 Å². The Balaban J connectivity index is 2.13. The summed E-state index contributed by atoms with van der Waals surface area (Å²) in [5, 5.41) is 0. The zero-order chi connectivity index (χ0) is 12.3. The molecule has 0 N–H and O–H groups in total. The number of benzene rings is 1. The monoisotopic (exact) mass is 230 g/mol. The fourth-order valence-corrected chi connectivity index (χ4v) is 2.50. The first kappa shape index (κ1) is 12.4. The second-order valence-electron chi connectivity index (χ2n) is 5.37. The Hall–Kier alpha value is -1.08. The van der Waals surface area contributed by atoms with Crippen molar-refractivity contribution in [1.82, 2.24) is 0 Å². The summed E-state index contributed by atoms with van der Waals surface area (Å²) in [5.41, 5.74) is 4.46. The second-order valence-corrected chi connectivity index (χ2v) is 5.37. The zero-order valence-corrected chi connectivity index (χ0v) is 11.1. The molecule has 0 fully saturated rings. The van der Waals surface area contributed by atoms with Crippen LogP contribution in [0.25, 0.3) is 5.57 Å². The van der Waals surface area contributed by atoms with Gasteiger partial charge in [-0.05, 0) is 41.9 Å². The molecule has 0 saturated carbocycles. The van der Waals surface area contributed by atoms with Gasteiger partial charge < -0.3 is 4.74 Å². The molecule has 1 aliphatic carbocycles. The molecule has 2 rings (SSSR count). The lowest BCUT2D eigenvalue weighted by molar-refractivity contribution is 0.134. The Morgan fingerprint density at radius 1 is 1.18 bits per heavy atom. The standard InChI is InChI=1S/C16H22O/c1-4-17-12-13-7-9-14(10-8-13)15-6-5-11-16(15,2)3/h6-10H,4-5,11-12H2,1-3H3. The molecule has 0 radical (unpaired) electrons. The molecule has 1 heteroatoms. The molecule has 0 bridgehead atoms. The highest BCUT2D eigenvalue weighted by atomic mass is 16.5. The van der Waals surface area contributed by atoms with Gasteiger partial charge in [0.1, 0.15) is 0 Å². The van der Waals surface area contributed by atoms with Gasteiger partial charge in [0.2, 0.25) is 0 Å². The van der Waals surface area contributed by atoms with Gasteiger partial charge in [0, 0.05) is 6.61 Å². The van der Waals surface area contributed by atoms with Crippen molar-refractivity contribution in [3.8, 4) is 0 Å². The summed E-state index contributed by atoms with van der Waals surface area (Å²) in [6, 6.07) is 8.82. The minimum absolute atomic E-state index is 0.335. The maximum Gasteiger partial charge on any atom is 0.0716 e. The molecule has 92 valence electrons. The molecular weight excluding hydrogens is 208 g/mol. The van der Waals surface area contributed by atoms with Gasteiger partial charge in [0.15, 0.2) is 0 Å². The van der Waals surface area contributed by atoms with E-state index in [9.17, 15) is 0 Å². The number of hydrogen-bond donors (Lipinski definition) is 0. The van der Waals surface area contributed by atoms with E-state index in [4.69, 9.17) is 4.74 Å². The van der Waals surface area contributed by atoms with Crippen LogP contribution in [0.3, 0.4) is 0 Å². The summed E-state index contributed by atoms with van der Waals surface area (Å²) in [6.07, 6.45) is 4.86. The number of rotatable bonds is 4. The number of ether oxygens (including phenoxy) is 1. The van der Waals surface area contributed by atoms with Gasteiger partial charge in [0.05, 0.1) is 6.61 Å². The molecule has 0 atom stereocenters. The Kier molecular flexibility index (Phi) is 3.68. The van der Waals surface area contributed by atoms with Crippen LogP contribution in [0.4, 0.5) is 0 Å². The Morgan fingerprint density at radius 2 is 1.88 bits per heavy atom. The molecule has 0 aliphatic heterocycles. The molecule has 0 spiro atoms. The molecule has 0 unspecified atom stereocenters. The molecule has 0 saturated heterocycles. The molecule has 1 aliphatic rings. The maximum atomic E-state index is 5.41. The minimum atomic E-state index is 0.335. The average molecular weight is 230 g/mol. The lowest BCUT2D eigenvalue weighted by atomic mass is 9.82. The van der Waals surface area contributed by atoms with E-state index in [1.807, 2.05) is 6.92 Å². The van der Waals surface area contributed by atoms with Crippen LogP contribution in [0.1, 0.15) is 44.7 Å². The lowest BCUT2D eigenvalue weighted by Crippen LogP contribution is -2.08. The fraction of sp³-hybridized carbons (Fsp3) is 0.500. The van der Waals surface area contributed by atoms with E-state index in [1.54, 1.807) is 0 Å². The van der Waals surface area contributed by atoms with Crippen LogP contribution in [0.5, 0.6) is 0 Å². The summed E-state index contributed by atoms with van der Waals surface area (Å²) < 4.78 is 5.41. The highest BCUT2D eigenvalue weighted by molar-refractivity contribution is 5.71. The Bertz CT molecular complexity index is 398. The van der Waals surface area contributed by atoms with Crippen molar-refractivity contribution in [1.29, 1.82) is 0 Å². The summed E-state index contributed by atoms with van der Waals surface area (Å²) in [7, 11) is 0. The van der Waals surface area contributed by atoms with Crippen molar-refractivity contribution < 1.29 is 4.74 Å². The van der Waals surface area contributed by atoms with E-state index in [0.29, 0.717) is 5.41 Å². The van der Waals surface area contributed by atoms with Crippen molar-refractivity contribution in [2.75, 3.05) is 6.61 Å². The van der Waals surface area contributed by atoms with E-state index < -0.39 is 0 Å². The van der Waals surface area contributed by atoms with E-state index in [2.05, 4.69) is 44.2 Å². The third-order valence-corrected chi connectivity index (χ3v) is 3.58. The molecule has 1 aromatic carbocycles. The SMILES string of the molecule is CCOCc1ccc(C2=CCCC2(C)C)cc1. The average Bonchev–Trinajstić information content (AvgIpc) is 2.67. The Labute approximate surface area is 104 Å². The number of allylic oxidation sites excluding steroid dienone is 2. The van der Waals surface area contributed by atoms with Gasteiger partial charge in [0.25, 0.3) is 0 Å². The second kappa shape index (κ2) is 5.05. The topological polar surface area (TPSA) is 9.23 Å². The predicted molar refractivity (Wildman–Crippen MR) is 72.8 cm³/mol. The molecule has 0 heterocycles. The molecule has 1 aromatic rings. The normalized spacial score (nSPS) is 18.2. The fourth-order valence-electron chi connectivity index (χ4n) is 2.50. The first-order valence-corrected chi connectivity index (χ1v) is 6.51. The van der Waals surface area contributed by atoms with Gasteiger partial charge in [-0.2, -0.15) is 0 Å². The summed E-state index contributed by atoms with van der Waals surface area (Å²) >= 11 is 0. The van der Waals surface area contributed by atoms with Crippen LogP contribution in [-0.4, -0.2) is 6.61 Å². The van der Waals surface area contributed by atoms with Crippen LogP contribution in [0.2, 0.25) is 0 Å².